The third kappa shape index (κ3) is 5.32. The molecule has 1 N–H and O–H groups in total. The molecule has 1 unspecified atom stereocenters. The summed E-state index contributed by atoms with van der Waals surface area (Å²) >= 11 is 1.44. The van der Waals surface area contributed by atoms with Crippen molar-refractivity contribution in [3.05, 3.63) is 100 Å². The summed E-state index contributed by atoms with van der Waals surface area (Å²) in [4.78, 5) is 37.0. The number of amides is 1. The Hall–Kier alpha value is -4.87. The molecule has 41 heavy (non-hydrogen) atoms. The van der Waals surface area contributed by atoms with Crippen LogP contribution in [0, 0.1) is 11.3 Å². The number of carbonyl (C=O) groups is 2. The van der Waals surface area contributed by atoms with Crippen molar-refractivity contribution in [3.63, 3.8) is 0 Å². The molecule has 3 aromatic carbocycles. The average molecular weight is 559 g/mol. The lowest BCUT2D eigenvalue weighted by Gasteiger charge is -2.14. The summed E-state index contributed by atoms with van der Waals surface area (Å²) in [5.74, 6) is -1.12. The third-order valence-corrected chi connectivity index (χ3v) is 8.37. The number of nitrogens with one attached hydrogen (secondary N) is 1. The van der Waals surface area contributed by atoms with Crippen LogP contribution in [0.5, 0.6) is 0 Å². The molecule has 1 atom stereocenters. The van der Waals surface area contributed by atoms with Gasteiger partial charge in [0.15, 0.2) is 6.10 Å². The van der Waals surface area contributed by atoms with Crippen molar-refractivity contribution in [1.82, 2.24) is 9.97 Å². The van der Waals surface area contributed by atoms with Crippen LogP contribution in [0.1, 0.15) is 46.1 Å². The molecule has 6 rings (SSSR count). The Morgan fingerprint density at radius 1 is 0.902 bits per heavy atom. The number of esters is 1. The Labute approximate surface area is 241 Å². The lowest BCUT2D eigenvalue weighted by Crippen LogP contribution is -2.30. The minimum atomic E-state index is -1.06. The third-order valence-electron chi connectivity index (χ3n) is 7.17. The number of fused-ring (bicyclic) bond motifs is 2. The highest BCUT2D eigenvalue weighted by atomic mass is 32.1. The predicted molar refractivity (Wildman–Crippen MR) is 160 cm³/mol. The maximum atomic E-state index is 13.1. The standard InChI is InChI=1S/C33H26N4O3S/c1-20(31(38)37-32-25(19-34)24-14-8-9-15-28(24)41-32)40-33(39)23-16-17-26-27(18-23)36-30(22-12-6-3-7-13-22)29(35-26)21-10-4-2-5-11-21/h2-7,10-13,16-18,20H,8-9,14-15H2,1H3,(H,37,38). The second kappa shape index (κ2) is 11.3. The van der Waals surface area contributed by atoms with Gasteiger partial charge in [0, 0.05) is 16.0 Å². The first kappa shape index (κ1) is 26.4. The molecule has 1 aliphatic rings. The van der Waals surface area contributed by atoms with Crippen LogP contribution < -0.4 is 5.32 Å². The van der Waals surface area contributed by atoms with Crippen molar-refractivity contribution in [2.45, 2.75) is 38.7 Å². The normalized spacial score (nSPS) is 13.2. The van der Waals surface area contributed by atoms with Gasteiger partial charge in [-0.25, -0.2) is 14.8 Å². The predicted octanol–water partition coefficient (Wildman–Crippen LogP) is 6.96. The maximum Gasteiger partial charge on any atom is 0.338 e. The van der Waals surface area contributed by atoms with Crippen LogP contribution in [-0.2, 0) is 22.4 Å². The summed E-state index contributed by atoms with van der Waals surface area (Å²) in [7, 11) is 0. The molecule has 7 nitrogen and oxygen atoms in total. The Balaban J connectivity index is 1.25. The second-order valence-electron chi connectivity index (χ2n) is 9.92. The number of carbonyl (C=O) groups excluding carboxylic acids is 2. The highest BCUT2D eigenvalue weighted by molar-refractivity contribution is 7.16. The van der Waals surface area contributed by atoms with Crippen LogP contribution in [0.4, 0.5) is 5.00 Å². The highest BCUT2D eigenvalue weighted by Gasteiger charge is 2.25. The van der Waals surface area contributed by atoms with Gasteiger partial charge in [-0.3, -0.25) is 4.79 Å². The first-order valence-electron chi connectivity index (χ1n) is 13.5. The van der Waals surface area contributed by atoms with Gasteiger partial charge < -0.3 is 10.1 Å². The number of ether oxygens (including phenoxy) is 1. The average Bonchev–Trinajstić information content (AvgIpc) is 3.37. The van der Waals surface area contributed by atoms with Crippen molar-refractivity contribution in [3.8, 4) is 28.6 Å². The topological polar surface area (TPSA) is 105 Å². The fourth-order valence-electron chi connectivity index (χ4n) is 5.04. The second-order valence-corrected chi connectivity index (χ2v) is 11.0. The van der Waals surface area contributed by atoms with Gasteiger partial charge in [0.1, 0.15) is 11.1 Å². The fourth-order valence-corrected chi connectivity index (χ4v) is 6.29. The molecule has 0 radical (unpaired) electrons. The van der Waals surface area contributed by atoms with Gasteiger partial charge in [-0.05, 0) is 56.4 Å². The molecular weight excluding hydrogens is 532 g/mol. The molecule has 0 saturated carbocycles. The van der Waals surface area contributed by atoms with Crippen LogP contribution in [0.15, 0.2) is 78.9 Å². The molecule has 8 heteroatoms. The summed E-state index contributed by atoms with van der Waals surface area (Å²) in [5.41, 5.74) is 6.30. The number of anilines is 1. The Kier molecular flexibility index (Phi) is 7.28. The molecular formula is C33H26N4O3S. The summed E-state index contributed by atoms with van der Waals surface area (Å²) < 4.78 is 5.53. The van der Waals surface area contributed by atoms with E-state index < -0.39 is 18.0 Å². The van der Waals surface area contributed by atoms with Crippen molar-refractivity contribution in [1.29, 1.82) is 5.26 Å². The molecule has 0 aliphatic heterocycles. The quantitative estimate of drug-likeness (QED) is 0.226. The molecule has 1 aliphatic carbocycles. The number of nitrogens with zero attached hydrogens (tertiary/aromatic N) is 3. The van der Waals surface area contributed by atoms with Crippen LogP contribution in [0.25, 0.3) is 33.5 Å². The summed E-state index contributed by atoms with van der Waals surface area (Å²) in [6, 6.07) is 26.9. The molecule has 0 bridgehead atoms. The minimum Gasteiger partial charge on any atom is -0.449 e. The van der Waals surface area contributed by atoms with Gasteiger partial charge in [0.25, 0.3) is 5.91 Å². The van der Waals surface area contributed by atoms with Gasteiger partial charge in [-0.15, -0.1) is 11.3 Å². The molecule has 0 fully saturated rings. The van der Waals surface area contributed by atoms with Gasteiger partial charge in [-0.2, -0.15) is 5.26 Å². The molecule has 0 spiro atoms. The van der Waals surface area contributed by atoms with Gasteiger partial charge in [0.2, 0.25) is 0 Å². The van der Waals surface area contributed by atoms with E-state index in [0.29, 0.717) is 27.3 Å². The Morgan fingerprint density at radius 3 is 2.20 bits per heavy atom. The number of aryl methyl sites for hydroxylation is 1. The number of rotatable bonds is 6. The maximum absolute atomic E-state index is 13.1. The van der Waals surface area contributed by atoms with Crippen LogP contribution in [0.3, 0.4) is 0 Å². The molecule has 2 heterocycles. The number of benzene rings is 3. The van der Waals surface area contributed by atoms with E-state index in [-0.39, 0.29) is 5.56 Å². The zero-order valence-corrected chi connectivity index (χ0v) is 23.2. The van der Waals surface area contributed by atoms with E-state index in [2.05, 4.69) is 11.4 Å². The number of nitriles is 1. The molecule has 0 saturated heterocycles. The van der Waals surface area contributed by atoms with E-state index in [1.807, 2.05) is 60.7 Å². The SMILES string of the molecule is CC(OC(=O)c1ccc2nc(-c3ccccc3)c(-c3ccccc3)nc2c1)C(=O)Nc1sc2c(c1C#N)CCCC2. The number of hydrogen-bond acceptors (Lipinski definition) is 7. The lowest BCUT2D eigenvalue weighted by molar-refractivity contribution is -0.123. The first-order chi connectivity index (χ1) is 20.0. The van der Waals surface area contributed by atoms with Crippen LogP contribution >= 0.6 is 11.3 Å². The van der Waals surface area contributed by atoms with E-state index in [4.69, 9.17) is 14.7 Å². The van der Waals surface area contributed by atoms with E-state index in [1.165, 1.54) is 18.3 Å². The lowest BCUT2D eigenvalue weighted by atomic mass is 9.96. The molecule has 5 aromatic rings. The monoisotopic (exact) mass is 558 g/mol. The van der Waals surface area contributed by atoms with E-state index in [9.17, 15) is 14.9 Å². The van der Waals surface area contributed by atoms with Crippen LogP contribution in [-0.4, -0.2) is 27.9 Å². The highest BCUT2D eigenvalue weighted by Crippen LogP contribution is 2.38. The number of hydrogen-bond donors (Lipinski definition) is 1. The minimum absolute atomic E-state index is 0.266. The molecule has 202 valence electrons. The van der Waals surface area contributed by atoms with Crippen molar-refractivity contribution < 1.29 is 14.3 Å². The largest absolute Gasteiger partial charge is 0.449 e. The van der Waals surface area contributed by atoms with Gasteiger partial charge in [0.05, 0.1) is 33.5 Å². The van der Waals surface area contributed by atoms with Crippen LogP contribution in [0.2, 0.25) is 0 Å². The summed E-state index contributed by atoms with van der Waals surface area (Å²) in [5, 5.41) is 13.0. The summed E-state index contributed by atoms with van der Waals surface area (Å²) in [6.07, 6.45) is 2.82. The summed E-state index contributed by atoms with van der Waals surface area (Å²) in [6.45, 7) is 1.52. The fraction of sp³-hybridized carbons (Fsp3) is 0.182. The number of thiophene rings is 1. The van der Waals surface area contributed by atoms with Gasteiger partial charge in [-0.1, -0.05) is 60.7 Å². The first-order valence-corrected chi connectivity index (χ1v) is 14.3. The zero-order chi connectivity index (χ0) is 28.3. The van der Waals surface area contributed by atoms with Crippen molar-refractivity contribution in [2.24, 2.45) is 0 Å². The Bertz CT molecular complexity index is 1810. The Morgan fingerprint density at radius 2 is 1.54 bits per heavy atom. The van der Waals surface area contributed by atoms with Crippen molar-refractivity contribution >= 4 is 39.2 Å². The van der Waals surface area contributed by atoms with Crippen molar-refractivity contribution in [2.75, 3.05) is 5.32 Å². The van der Waals surface area contributed by atoms with E-state index in [1.54, 1.807) is 18.2 Å². The smallest absolute Gasteiger partial charge is 0.338 e. The van der Waals surface area contributed by atoms with Gasteiger partial charge >= 0.3 is 5.97 Å². The van der Waals surface area contributed by atoms with E-state index in [0.717, 1.165) is 52.9 Å². The van der Waals surface area contributed by atoms with E-state index >= 15 is 0 Å². The number of aromatic nitrogens is 2. The zero-order valence-electron chi connectivity index (χ0n) is 22.4. The molecule has 1 amide bonds. The molecule has 2 aromatic heterocycles.